The van der Waals surface area contributed by atoms with E-state index in [0.717, 1.165) is 6.26 Å². The molecule has 0 aliphatic heterocycles. The third-order valence-corrected chi connectivity index (χ3v) is 4.93. The number of aryl methyl sites for hydroxylation is 1. The van der Waals surface area contributed by atoms with Gasteiger partial charge in [-0.1, -0.05) is 0 Å². The van der Waals surface area contributed by atoms with Crippen molar-refractivity contribution in [2.75, 3.05) is 6.26 Å². The Morgan fingerprint density at radius 3 is 2.57 bits per heavy atom. The minimum Gasteiger partial charge on any atom is -0.443 e. The number of fused-ring (bicyclic) bond motifs is 1. The molecule has 0 amide bonds. The molecular formula is C21H24FN3O4S. The predicted octanol–water partition coefficient (Wildman–Crippen LogP) is 3.98. The first-order valence-electron chi connectivity index (χ1n) is 9.29. The summed E-state index contributed by atoms with van der Waals surface area (Å²) < 4.78 is 46.3. The molecule has 1 aromatic carbocycles. The van der Waals surface area contributed by atoms with Crippen molar-refractivity contribution in [3.05, 3.63) is 53.6 Å². The number of nitrogens with zero attached hydrogens (tertiary/aromatic N) is 2. The monoisotopic (exact) mass is 433 g/mol. The molecule has 0 bridgehead atoms. The number of rotatable bonds is 4. The highest BCUT2D eigenvalue weighted by Crippen LogP contribution is 2.31. The Morgan fingerprint density at radius 2 is 1.93 bits per heavy atom. The van der Waals surface area contributed by atoms with Crippen LogP contribution in [-0.4, -0.2) is 35.9 Å². The summed E-state index contributed by atoms with van der Waals surface area (Å²) in [6, 6.07) is 7.75. The first kappa shape index (κ1) is 21.9. The van der Waals surface area contributed by atoms with Crippen molar-refractivity contribution in [3.8, 4) is 11.3 Å². The highest BCUT2D eigenvalue weighted by Gasteiger charge is 2.22. The summed E-state index contributed by atoms with van der Waals surface area (Å²) >= 11 is 0. The van der Waals surface area contributed by atoms with E-state index >= 15 is 0 Å². The van der Waals surface area contributed by atoms with Gasteiger partial charge in [0, 0.05) is 29.4 Å². The number of pyridine rings is 1. The van der Waals surface area contributed by atoms with Gasteiger partial charge in [-0.15, -0.1) is 0 Å². The molecule has 0 aliphatic carbocycles. The molecule has 0 saturated carbocycles. The number of hydrogen-bond donors (Lipinski definition) is 1. The molecule has 0 saturated heterocycles. The number of carbonyl (C=O) groups excluding carboxylic acids is 1. The van der Waals surface area contributed by atoms with Crippen LogP contribution in [0.4, 0.5) is 9.18 Å². The van der Waals surface area contributed by atoms with Gasteiger partial charge in [-0.25, -0.2) is 26.9 Å². The number of ether oxygens (including phenoxy) is 1. The van der Waals surface area contributed by atoms with E-state index in [1.807, 2.05) is 0 Å². The van der Waals surface area contributed by atoms with Gasteiger partial charge in [0.25, 0.3) is 0 Å². The van der Waals surface area contributed by atoms with Crippen LogP contribution < -0.4 is 4.72 Å². The molecular weight excluding hydrogens is 409 g/mol. The average molecular weight is 434 g/mol. The summed E-state index contributed by atoms with van der Waals surface area (Å²) in [6.07, 6.45) is 2.07. The molecule has 2 heterocycles. The normalized spacial score (nSPS) is 12.3. The highest BCUT2D eigenvalue weighted by molar-refractivity contribution is 7.88. The predicted molar refractivity (Wildman–Crippen MR) is 113 cm³/mol. The third kappa shape index (κ3) is 5.03. The summed E-state index contributed by atoms with van der Waals surface area (Å²) in [5, 5.41) is 0.661. The van der Waals surface area contributed by atoms with E-state index < -0.39 is 27.5 Å². The molecule has 1 N–H and O–H groups in total. The number of halogens is 1. The lowest BCUT2D eigenvalue weighted by Crippen LogP contribution is -2.27. The van der Waals surface area contributed by atoms with E-state index in [0.29, 0.717) is 33.4 Å². The highest BCUT2D eigenvalue weighted by atomic mass is 32.2. The smallest absolute Gasteiger partial charge is 0.419 e. The zero-order valence-electron chi connectivity index (χ0n) is 17.5. The number of nitrogens with one attached hydrogen (secondary N) is 1. The maximum absolute atomic E-state index is 14.2. The van der Waals surface area contributed by atoms with Gasteiger partial charge in [-0.3, -0.25) is 4.98 Å². The van der Waals surface area contributed by atoms with Gasteiger partial charge in [0.15, 0.2) is 0 Å². The zero-order valence-corrected chi connectivity index (χ0v) is 18.3. The van der Waals surface area contributed by atoms with Gasteiger partial charge in [-0.2, -0.15) is 0 Å². The van der Waals surface area contributed by atoms with Crippen molar-refractivity contribution in [2.24, 2.45) is 0 Å². The van der Waals surface area contributed by atoms with Crippen LogP contribution in [0, 0.1) is 12.7 Å². The first-order valence-corrected chi connectivity index (χ1v) is 11.2. The molecule has 9 heteroatoms. The summed E-state index contributed by atoms with van der Waals surface area (Å²) in [7, 11) is -3.42. The van der Waals surface area contributed by atoms with E-state index in [4.69, 9.17) is 4.74 Å². The van der Waals surface area contributed by atoms with E-state index in [2.05, 4.69) is 9.71 Å². The summed E-state index contributed by atoms with van der Waals surface area (Å²) in [5.41, 5.74) is 2.01. The molecule has 160 valence electrons. The largest absolute Gasteiger partial charge is 0.443 e. The molecule has 0 spiro atoms. The van der Waals surface area contributed by atoms with Gasteiger partial charge in [-0.05, 0) is 63.6 Å². The number of sulfonamides is 1. The van der Waals surface area contributed by atoms with Crippen LogP contribution in [0.2, 0.25) is 0 Å². The lowest BCUT2D eigenvalue weighted by Gasteiger charge is -2.20. The summed E-state index contributed by atoms with van der Waals surface area (Å²) in [6.45, 7) is 7.10. The Balaban J connectivity index is 2.09. The Bertz CT molecular complexity index is 1230. The van der Waals surface area contributed by atoms with Crippen LogP contribution in [-0.2, 0) is 21.3 Å². The summed E-state index contributed by atoms with van der Waals surface area (Å²) in [4.78, 5) is 17.1. The SMILES string of the molecule is Cc1cc2c(-c3cc(F)cc(CNS(C)(=O)=O)c3)nccc2n1C(=O)OC(C)(C)C. The van der Waals surface area contributed by atoms with Gasteiger partial charge < -0.3 is 4.74 Å². The van der Waals surface area contributed by atoms with Crippen molar-refractivity contribution in [1.29, 1.82) is 0 Å². The van der Waals surface area contributed by atoms with Crippen molar-refractivity contribution in [2.45, 2.75) is 39.8 Å². The molecule has 2 aromatic heterocycles. The van der Waals surface area contributed by atoms with Crippen LogP contribution in [0.3, 0.4) is 0 Å². The van der Waals surface area contributed by atoms with Gasteiger partial charge in [0.1, 0.15) is 11.4 Å². The molecule has 0 unspecified atom stereocenters. The minimum atomic E-state index is -3.42. The standard InChI is InChI=1S/C21H24FN3O4S/c1-13-8-17-18(25(13)20(26)29-21(2,3)4)6-7-23-19(17)15-9-14(10-16(22)11-15)12-24-30(5,27)28/h6-11,24H,12H2,1-5H3. The third-order valence-electron chi connectivity index (χ3n) is 4.26. The number of hydrogen-bond acceptors (Lipinski definition) is 5. The first-order chi connectivity index (χ1) is 13.8. The second-order valence-electron chi connectivity index (χ2n) is 8.14. The second kappa shape index (κ2) is 7.81. The van der Waals surface area contributed by atoms with Gasteiger partial charge >= 0.3 is 6.09 Å². The summed E-state index contributed by atoms with van der Waals surface area (Å²) in [5.74, 6) is -0.514. The van der Waals surface area contributed by atoms with E-state index in [9.17, 15) is 17.6 Å². The zero-order chi connectivity index (χ0) is 22.3. The number of benzene rings is 1. The van der Waals surface area contributed by atoms with Gasteiger partial charge in [0.2, 0.25) is 10.0 Å². The Labute approximate surface area is 174 Å². The molecule has 7 nitrogen and oxygen atoms in total. The quantitative estimate of drug-likeness (QED) is 0.672. The lowest BCUT2D eigenvalue weighted by atomic mass is 10.0. The van der Waals surface area contributed by atoms with Crippen LogP contribution in [0.15, 0.2) is 36.5 Å². The van der Waals surface area contributed by atoms with E-state index in [-0.39, 0.29) is 6.54 Å². The molecule has 30 heavy (non-hydrogen) atoms. The van der Waals surface area contributed by atoms with Crippen LogP contribution in [0.5, 0.6) is 0 Å². The van der Waals surface area contributed by atoms with E-state index in [1.54, 1.807) is 45.9 Å². The molecule has 3 aromatic rings. The average Bonchev–Trinajstić information content (AvgIpc) is 2.93. The van der Waals surface area contributed by atoms with Crippen LogP contribution in [0.1, 0.15) is 32.0 Å². The molecule has 3 rings (SSSR count). The lowest BCUT2D eigenvalue weighted by molar-refractivity contribution is 0.0541. The maximum Gasteiger partial charge on any atom is 0.419 e. The van der Waals surface area contributed by atoms with Crippen LogP contribution in [0.25, 0.3) is 22.2 Å². The number of carbonyl (C=O) groups is 1. The molecule has 0 aliphatic rings. The molecule has 0 radical (unpaired) electrons. The van der Waals surface area contributed by atoms with Crippen molar-refractivity contribution < 1.29 is 22.3 Å². The maximum atomic E-state index is 14.2. The Hall–Kier alpha value is -2.78. The fourth-order valence-electron chi connectivity index (χ4n) is 3.15. The number of aromatic nitrogens is 2. The van der Waals surface area contributed by atoms with Crippen molar-refractivity contribution in [3.63, 3.8) is 0 Å². The van der Waals surface area contributed by atoms with Crippen molar-refractivity contribution >= 4 is 27.0 Å². The topological polar surface area (TPSA) is 90.3 Å². The Morgan fingerprint density at radius 1 is 1.23 bits per heavy atom. The fraction of sp³-hybridized carbons (Fsp3) is 0.333. The Kier molecular flexibility index (Phi) is 5.70. The minimum absolute atomic E-state index is 0.0441. The molecule has 0 fully saturated rings. The van der Waals surface area contributed by atoms with Gasteiger partial charge in [0.05, 0.1) is 17.5 Å². The van der Waals surface area contributed by atoms with Crippen molar-refractivity contribution in [1.82, 2.24) is 14.3 Å². The fourth-order valence-corrected chi connectivity index (χ4v) is 3.58. The van der Waals surface area contributed by atoms with E-state index in [1.165, 1.54) is 22.9 Å². The van der Waals surface area contributed by atoms with Crippen LogP contribution >= 0.6 is 0 Å². The second-order valence-corrected chi connectivity index (χ2v) is 9.97. The molecule has 0 atom stereocenters.